The summed E-state index contributed by atoms with van der Waals surface area (Å²) in [6.45, 7) is 10.4. The van der Waals surface area contributed by atoms with Crippen LogP contribution in [-0.2, 0) is 11.3 Å². The lowest BCUT2D eigenvalue weighted by molar-refractivity contribution is 0.122. The van der Waals surface area contributed by atoms with Crippen molar-refractivity contribution in [3.8, 4) is 0 Å². The van der Waals surface area contributed by atoms with Crippen molar-refractivity contribution in [3.63, 3.8) is 0 Å². The van der Waals surface area contributed by atoms with Gasteiger partial charge in [0.05, 0.1) is 30.6 Å². The molecule has 2 aromatic rings. The lowest BCUT2D eigenvalue weighted by Crippen LogP contribution is -2.36. The van der Waals surface area contributed by atoms with E-state index in [4.69, 9.17) is 16.3 Å². The van der Waals surface area contributed by atoms with Gasteiger partial charge in [-0.15, -0.1) is 0 Å². The molecule has 8 heteroatoms. The average Bonchev–Trinajstić information content (AvgIpc) is 3.44. The molecule has 0 bridgehead atoms. The van der Waals surface area contributed by atoms with Crippen LogP contribution in [0.15, 0.2) is 30.6 Å². The molecule has 7 nitrogen and oxygen atoms in total. The molecule has 5 rings (SSSR count). The Bertz CT molecular complexity index is 912. The van der Waals surface area contributed by atoms with Crippen LogP contribution in [0.25, 0.3) is 0 Å². The van der Waals surface area contributed by atoms with Crippen molar-refractivity contribution in [1.82, 2.24) is 19.6 Å². The molecule has 3 saturated heterocycles. The van der Waals surface area contributed by atoms with E-state index in [1.54, 1.807) is 6.20 Å². The summed E-state index contributed by atoms with van der Waals surface area (Å²) < 4.78 is 6.81. The van der Waals surface area contributed by atoms with Crippen LogP contribution in [0.2, 0.25) is 5.02 Å². The molecule has 3 fully saturated rings. The van der Waals surface area contributed by atoms with Gasteiger partial charge in [0, 0.05) is 51.5 Å². The zero-order valence-electron chi connectivity index (χ0n) is 17.3. The summed E-state index contributed by atoms with van der Waals surface area (Å²) in [5, 5.41) is 4.54. The van der Waals surface area contributed by atoms with Crippen LogP contribution >= 0.6 is 11.6 Å². The number of ether oxygens (including phenoxy) is 1. The molecule has 4 heterocycles. The molecule has 0 radical (unpaired) electrons. The predicted molar refractivity (Wildman–Crippen MR) is 116 cm³/mol. The van der Waals surface area contributed by atoms with Crippen molar-refractivity contribution in [2.24, 2.45) is 11.8 Å². The maximum absolute atomic E-state index is 12.6. The monoisotopic (exact) mass is 429 g/mol. The van der Waals surface area contributed by atoms with E-state index in [1.807, 2.05) is 4.90 Å². The Morgan fingerprint density at radius 1 is 1.17 bits per heavy atom. The van der Waals surface area contributed by atoms with Crippen molar-refractivity contribution in [1.29, 1.82) is 0 Å². The smallest absolute Gasteiger partial charge is 0.344 e. The number of likely N-dealkylation sites (tertiary alicyclic amines) is 2. The maximum atomic E-state index is 12.6. The van der Waals surface area contributed by atoms with Gasteiger partial charge in [0.1, 0.15) is 0 Å². The van der Waals surface area contributed by atoms with Crippen molar-refractivity contribution >= 4 is 23.3 Å². The predicted octanol–water partition coefficient (Wildman–Crippen LogP) is 2.71. The van der Waals surface area contributed by atoms with Crippen LogP contribution in [0, 0.1) is 18.8 Å². The van der Waals surface area contributed by atoms with Gasteiger partial charge in [-0.05, 0) is 42.0 Å². The largest absolute Gasteiger partial charge is 0.378 e. The maximum Gasteiger partial charge on any atom is 0.344 e. The van der Waals surface area contributed by atoms with Crippen LogP contribution in [0.5, 0.6) is 0 Å². The number of hydrogen-bond acceptors (Lipinski definition) is 5. The number of fused-ring (bicyclic) bond motifs is 1. The number of carbonyl (C=O) groups is 1. The van der Waals surface area contributed by atoms with Crippen LogP contribution < -0.4 is 4.90 Å². The van der Waals surface area contributed by atoms with Crippen molar-refractivity contribution in [2.75, 3.05) is 57.4 Å². The molecule has 160 valence electrons. The number of carbonyl (C=O) groups excluding carboxylic acids is 1. The second kappa shape index (κ2) is 8.21. The third kappa shape index (κ3) is 3.94. The Hall–Kier alpha value is -2.09. The van der Waals surface area contributed by atoms with Crippen molar-refractivity contribution < 1.29 is 9.53 Å². The first-order chi connectivity index (χ1) is 14.6. The Kier molecular flexibility index (Phi) is 5.43. The SMILES string of the molecule is Cc1cc(N2CCOCC2)ccc1CN1CC2CN(C(=O)n3cc(Cl)cn3)CC2C1. The van der Waals surface area contributed by atoms with Crippen LogP contribution in [0.4, 0.5) is 10.5 Å². The van der Waals surface area contributed by atoms with E-state index in [0.29, 0.717) is 16.9 Å². The van der Waals surface area contributed by atoms with E-state index in [0.717, 1.165) is 59.0 Å². The van der Waals surface area contributed by atoms with Crippen molar-refractivity contribution in [3.05, 3.63) is 46.7 Å². The number of hydrogen-bond donors (Lipinski definition) is 0. The standard InChI is InChI=1S/C22H28ClN5O2/c1-16-8-21(26-4-6-30-7-5-26)3-2-17(16)10-25-11-18-13-27(14-19(18)12-25)22(29)28-15-20(23)9-24-28/h2-3,8-9,15,18-19H,4-7,10-14H2,1H3. The molecular weight excluding hydrogens is 402 g/mol. The van der Waals surface area contributed by atoms with Gasteiger partial charge < -0.3 is 14.5 Å². The molecule has 30 heavy (non-hydrogen) atoms. The highest BCUT2D eigenvalue weighted by Crippen LogP contribution is 2.33. The van der Waals surface area contributed by atoms with Gasteiger partial charge in [-0.25, -0.2) is 4.79 Å². The van der Waals surface area contributed by atoms with E-state index in [-0.39, 0.29) is 6.03 Å². The Morgan fingerprint density at radius 3 is 2.53 bits per heavy atom. The second-order valence-electron chi connectivity index (χ2n) is 8.72. The molecule has 2 unspecified atom stereocenters. The highest BCUT2D eigenvalue weighted by atomic mass is 35.5. The van der Waals surface area contributed by atoms with Gasteiger partial charge in [-0.3, -0.25) is 4.90 Å². The molecular formula is C22H28ClN5O2. The number of amides is 1. The van der Waals surface area contributed by atoms with Gasteiger partial charge in [0.2, 0.25) is 0 Å². The molecule has 0 N–H and O–H groups in total. The van der Waals surface area contributed by atoms with Crippen LogP contribution in [-0.4, -0.2) is 78.1 Å². The normalized spacial score (nSPS) is 24.5. The number of aryl methyl sites for hydroxylation is 1. The topological polar surface area (TPSA) is 53.8 Å². The van der Waals surface area contributed by atoms with E-state index in [2.05, 4.69) is 40.0 Å². The number of nitrogens with zero attached hydrogens (tertiary/aromatic N) is 5. The van der Waals surface area contributed by atoms with Crippen LogP contribution in [0.1, 0.15) is 11.1 Å². The fraction of sp³-hybridized carbons (Fsp3) is 0.545. The number of rotatable bonds is 3. The Balaban J connectivity index is 1.17. The van der Waals surface area contributed by atoms with Gasteiger partial charge in [-0.2, -0.15) is 9.78 Å². The quantitative estimate of drug-likeness (QED) is 0.750. The Morgan fingerprint density at radius 2 is 1.90 bits per heavy atom. The number of morpholine rings is 1. The second-order valence-corrected chi connectivity index (χ2v) is 9.15. The zero-order valence-corrected chi connectivity index (χ0v) is 18.1. The highest BCUT2D eigenvalue weighted by Gasteiger charge is 2.42. The minimum absolute atomic E-state index is 0.0719. The molecule has 0 spiro atoms. The van der Waals surface area contributed by atoms with Crippen LogP contribution in [0.3, 0.4) is 0 Å². The number of anilines is 1. The zero-order chi connectivity index (χ0) is 20.7. The molecule has 0 saturated carbocycles. The number of aromatic nitrogens is 2. The lowest BCUT2D eigenvalue weighted by Gasteiger charge is -2.29. The van der Waals surface area contributed by atoms with Crippen molar-refractivity contribution in [2.45, 2.75) is 13.5 Å². The minimum Gasteiger partial charge on any atom is -0.378 e. The number of benzene rings is 1. The summed E-state index contributed by atoms with van der Waals surface area (Å²) >= 11 is 5.90. The molecule has 3 aliphatic heterocycles. The number of halogens is 1. The lowest BCUT2D eigenvalue weighted by atomic mass is 10.0. The summed E-state index contributed by atoms with van der Waals surface area (Å²) in [4.78, 5) is 19.5. The fourth-order valence-electron chi connectivity index (χ4n) is 5.04. The first-order valence-corrected chi connectivity index (χ1v) is 11.1. The first-order valence-electron chi connectivity index (χ1n) is 10.7. The summed E-state index contributed by atoms with van der Waals surface area (Å²) in [6, 6.07) is 6.77. The van der Waals surface area contributed by atoms with Gasteiger partial charge >= 0.3 is 6.03 Å². The van der Waals surface area contributed by atoms with E-state index >= 15 is 0 Å². The molecule has 1 aromatic heterocycles. The summed E-state index contributed by atoms with van der Waals surface area (Å²) in [5.74, 6) is 1.07. The third-order valence-electron chi connectivity index (χ3n) is 6.68. The van der Waals surface area contributed by atoms with E-state index < -0.39 is 0 Å². The first kappa shape index (κ1) is 19.8. The average molecular weight is 430 g/mol. The molecule has 0 aliphatic carbocycles. The summed E-state index contributed by atoms with van der Waals surface area (Å²) in [5.41, 5.74) is 4.04. The van der Waals surface area contributed by atoms with E-state index in [9.17, 15) is 4.79 Å². The third-order valence-corrected chi connectivity index (χ3v) is 6.87. The summed E-state index contributed by atoms with van der Waals surface area (Å²) in [6.07, 6.45) is 3.08. The highest BCUT2D eigenvalue weighted by molar-refractivity contribution is 6.30. The summed E-state index contributed by atoms with van der Waals surface area (Å²) in [7, 11) is 0. The van der Waals surface area contributed by atoms with Gasteiger partial charge in [0.25, 0.3) is 0 Å². The molecule has 2 atom stereocenters. The molecule has 1 aromatic carbocycles. The minimum atomic E-state index is -0.0719. The molecule has 1 amide bonds. The van der Waals surface area contributed by atoms with E-state index in [1.165, 1.54) is 27.7 Å². The van der Waals surface area contributed by atoms with Gasteiger partial charge in [-0.1, -0.05) is 17.7 Å². The van der Waals surface area contributed by atoms with Gasteiger partial charge in [0.15, 0.2) is 0 Å². The Labute approximate surface area is 182 Å². The fourth-order valence-corrected chi connectivity index (χ4v) is 5.18. The molecule has 3 aliphatic rings.